The van der Waals surface area contributed by atoms with Crippen molar-refractivity contribution in [1.82, 2.24) is 5.32 Å². The smallest absolute Gasteiger partial charge is 0.0623 e. The van der Waals surface area contributed by atoms with E-state index in [9.17, 15) is 0 Å². The van der Waals surface area contributed by atoms with Crippen molar-refractivity contribution in [3.8, 4) is 0 Å². The Kier molecular flexibility index (Phi) is 6.68. The van der Waals surface area contributed by atoms with Gasteiger partial charge in [-0.1, -0.05) is 6.42 Å². The maximum absolute atomic E-state index is 5.63. The molecule has 5 heteroatoms. The van der Waals surface area contributed by atoms with Gasteiger partial charge in [-0.25, -0.2) is 0 Å². The Balaban J connectivity index is 0.00000161. The molecule has 3 rings (SSSR count). The quantitative estimate of drug-likeness (QED) is 0.830. The Morgan fingerprint density at radius 1 is 1.24 bits per heavy atom. The molecule has 3 atom stereocenters. The standard InChI is InChI=1S/C16H24N2OS.ClH/c1-20-13-7-5-12(6-8-13)18-15-4-2-3-14(15)16-11-19-10-9-17-16;/h5-8,14-18H,2-4,9-11H2,1H3;1H. The number of benzene rings is 1. The first-order valence-corrected chi connectivity index (χ1v) is 8.81. The van der Waals surface area contributed by atoms with Crippen LogP contribution in [0.2, 0.25) is 0 Å². The molecule has 1 heterocycles. The maximum Gasteiger partial charge on any atom is 0.0623 e. The zero-order valence-electron chi connectivity index (χ0n) is 12.5. The summed E-state index contributed by atoms with van der Waals surface area (Å²) in [4.78, 5) is 1.32. The highest BCUT2D eigenvalue weighted by molar-refractivity contribution is 7.98. The fraction of sp³-hybridized carbons (Fsp3) is 0.625. The number of halogens is 1. The number of hydrogen-bond donors (Lipinski definition) is 2. The molecule has 2 fully saturated rings. The Morgan fingerprint density at radius 3 is 2.71 bits per heavy atom. The van der Waals surface area contributed by atoms with Crippen molar-refractivity contribution in [2.75, 3.05) is 31.3 Å². The van der Waals surface area contributed by atoms with Gasteiger partial charge in [0.1, 0.15) is 0 Å². The minimum Gasteiger partial charge on any atom is -0.382 e. The molecule has 118 valence electrons. The first-order valence-electron chi connectivity index (χ1n) is 7.58. The van der Waals surface area contributed by atoms with Crippen molar-refractivity contribution < 1.29 is 4.74 Å². The Bertz CT molecular complexity index is 423. The van der Waals surface area contributed by atoms with Gasteiger partial charge in [-0.15, -0.1) is 24.2 Å². The van der Waals surface area contributed by atoms with Gasteiger partial charge >= 0.3 is 0 Å². The third kappa shape index (κ3) is 4.28. The Labute approximate surface area is 138 Å². The molecule has 1 saturated heterocycles. The molecule has 1 aliphatic heterocycles. The van der Waals surface area contributed by atoms with Gasteiger partial charge in [-0.2, -0.15) is 0 Å². The fourth-order valence-corrected chi connectivity index (χ4v) is 3.82. The molecule has 1 aromatic rings. The minimum absolute atomic E-state index is 0. The molecule has 0 spiro atoms. The molecule has 1 aliphatic carbocycles. The number of anilines is 1. The highest BCUT2D eigenvalue weighted by Gasteiger charge is 2.34. The first kappa shape index (κ1) is 16.9. The van der Waals surface area contributed by atoms with Crippen molar-refractivity contribution >= 4 is 29.9 Å². The van der Waals surface area contributed by atoms with E-state index in [1.807, 2.05) is 0 Å². The van der Waals surface area contributed by atoms with E-state index >= 15 is 0 Å². The lowest BCUT2D eigenvalue weighted by Crippen LogP contribution is -2.49. The van der Waals surface area contributed by atoms with Gasteiger partial charge in [0, 0.05) is 29.2 Å². The summed E-state index contributed by atoms with van der Waals surface area (Å²) in [5.41, 5.74) is 1.25. The van der Waals surface area contributed by atoms with Crippen LogP contribution in [0, 0.1) is 5.92 Å². The van der Waals surface area contributed by atoms with Crippen LogP contribution in [0.5, 0.6) is 0 Å². The van der Waals surface area contributed by atoms with E-state index in [-0.39, 0.29) is 12.4 Å². The average molecular weight is 329 g/mol. The minimum atomic E-state index is 0. The zero-order chi connectivity index (χ0) is 13.8. The summed E-state index contributed by atoms with van der Waals surface area (Å²) in [5, 5.41) is 7.36. The van der Waals surface area contributed by atoms with E-state index < -0.39 is 0 Å². The molecule has 0 bridgehead atoms. The largest absolute Gasteiger partial charge is 0.382 e. The highest BCUT2D eigenvalue weighted by atomic mass is 35.5. The van der Waals surface area contributed by atoms with Crippen molar-refractivity contribution in [3.05, 3.63) is 24.3 Å². The summed E-state index contributed by atoms with van der Waals surface area (Å²) < 4.78 is 5.63. The van der Waals surface area contributed by atoms with Crippen molar-refractivity contribution in [3.63, 3.8) is 0 Å². The van der Waals surface area contributed by atoms with Crippen LogP contribution in [0.3, 0.4) is 0 Å². The average Bonchev–Trinajstić information content (AvgIpc) is 2.97. The number of nitrogens with one attached hydrogen (secondary N) is 2. The first-order chi connectivity index (χ1) is 9.86. The second kappa shape index (κ2) is 8.28. The third-order valence-corrected chi connectivity index (χ3v) is 5.22. The summed E-state index contributed by atoms with van der Waals surface area (Å²) in [5.74, 6) is 0.690. The highest BCUT2D eigenvalue weighted by Crippen LogP contribution is 2.32. The fourth-order valence-electron chi connectivity index (χ4n) is 3.41. The zero-order valence-corrected chi connectivity index (χ0v) is 14.1. The van der Waals surface area contributed by atoms with Crippen LogP contribution in [0.25, 0.3) is 0 Å². The third-order valence-electron chi connectivity index (χ3n) is 4.48. The van der Waals surface area contributed by atoms with Gasteiger partial charge in [-0.3, -0.25) is 0 Å². The number of rotatable bonds is 4. The molecule has 0 amide bonds. The van der Waals surface area contributed by atoms with Gasteiger partial charge in [0.2, 0.25) is 0 Å². The van der Waals surface area contributed by atoms with Crippen LogP contribution < -0.4 is 10.6 Å². The molecule has 2 N–H and O–H groups in total. The second-order valence-corrected chi connectivity index (χ2v) is 6.59. The Morgan fingerprint density at radius 2 is 2.05 bits per heavy atom. The van der Waals surface area contributed by atoms with Gasteiger partial charge in [0.15, 0.2) is 0 Å². The van der Waals surface area contributed by atoms with E-state index in [2.05, 4.69) is 41.2 Å². The summed E-state index contributed by atoms with van der Waals surface area (Å²) in [6.45, 7) is 2.72. The molecule has 3 nitrogen and oxygen atoms in total. The number of morpholine rings is 1. The van der Waals surface area contributed by atoms with E-state index in [0.717, 1.165) is 19.8 Å². The molecule has 0 radical (unpaired) electrons. The monoisotopic (exact) mass is 328 g/mol. The van der Waals surface area contributed by atoms with Gasteiger partial charge in [-0.05, 0) is 49.3 Å². The van der Waals surface area contributed by atoms with E-state index in [4.69, 9.17) is 4.74 Å². The summed E-state index contributed by atoms with van der Waals surface area (Å²) in [6, 6.07) is 9.89. The summed E-state index contributed by atoms with van der Waals surface area (Å²) >= 11 is 1.79. The molecule has 1 aromatic carbocycles. The summed E-state index contributed by atoms with van der Waals surface area (Å²) in [7, 11) is 0. The second-order valence-electron chi connectivity index (χ2n) is 5.71. The van der Waals surface area contributed by atoms with Crippen LogP contribution in [0.1, 0.15) is 19.3 Å². The van der Waals surface area contributed by atoms with Gasteiger partial charge in [0.05, 0.1) is 13.2 Å². The topological polar surface area (TPSA) is 33.3 Å². The van der Waals surface area contributed by atoms with Crippen LogP contribution >= 0.6 is 24.2 Å². The van der Waals surface area contributed by atoms with Gasteiger partial charge in [0.25, 0.3) is 0 Å². The van der Waals surface area contributed by atoms with Gasteiger partial charge < -0.3 is 15.4 Å². The number of hydrogen-bond acceptors (Lipinski definition) is 4. The van der Waals surface area contributed by atoms with Crippen molar-refractivity contribution in [2.45, 2.75) is 36.2 Å². The van der Waals surface area contributed by atoms with E-state index in [1.54, 1.807) is 11.8 Å². The van der Waals surface area contributed by atoms with Crippen LogP contribution in [0.4, 0.5) is 5.69 Å². The lowest BCUT2D eigenvalue weighted by atomic mass is 9.94. The molecular formula is C16H25ClN2OS. The van der Waals surface area contributed by atoms with Crippen molar-refractivity contribution in [2.24, 2.45) is 5.92 Å². The predicted octanol–water partition coefficient (Wildman–Crippen LogP) is 3.40. The number of thioether (sulfide) groups is 1. The normalized spacial score (nSPS) is 28.9. The van der Waals surface area contributed by atoms with Crippen LogP contribution in [-0.4, -0.2) is 38.1 Å². The predicted molar refractivity (Wildman–Crippen MR) is 92.8 cm³/mol. The van der Waals surface area contributed by atoms with Crippen LogP contribution in [0.15, 0.2) is 29.2 Å². The number of ether oxygens (including phenoxy) is 1. The molecule has 2 aliphatic rings. The molecule has 0 aromatic heterocycles. The SMILES string of the molecule is CSc1ccc(NC2CCCC2C2COCCN2)cc1.Cl. The molecule has 1 saturated carbocycles. The molecule has 21 heavy (non-hydrogen) atoms. The summed E-state index contributed by atoms with van der Waals surface area (Å²) in [6.07, 6.45) is 6.02. The van der Waals surface area contributed by atoms with Crippen LogP contribution in [-0.2, 0) is 4.74 Å². The Hall–Kier alpha value is -0.420. The maximum atomic E-state index is 5.63. The molecule has 3 unspecified atom stereocenters. The lowest BCUT2D eigenvalue weighted by Gasteiger charge is -2.33. The lowest BCUT2D eigenvalue weighted by molar-refractivity contribution is 0.0559. The van der Waals surface area contributed by atoms with Crippen molar-refractivity contribution in [1.29, 1.82) is 0 Å². The molecular weight excluding hydrogens is 304 g/mol. The van der Waals surface area contributed by atoms with E-state index in [1.165, 1.54) is 29.8 Å². The van der Waals surface area contributed by atoms with E-state index in [0.29, 0.717) is 18.0 Å².